The highest BCUT2D eigenvalue weighted by Crippen LogP contribution is 2.17. The highest BCUT2D eigenvalue weighted by atomic mass is 16.6. The van der Waals surface area contributed by atoms with Gasteiger partial charge in [-0.1, -0.05) is 41.6 Å². The summed E-state index contributed by atoms with van der Waals surface area (Å²) in [6.45, 7) is 4.69. The van der Waals surface area contributed by atoms with Crippen LogP contribution in [0.15, 0.2) is 48.1 Å². The zero-order valence-corrected chi connectivity index (χ0v) is 12.2. The summed E-state index contributed by atoms with van der Waals surface area (Å²) in [6.07, 6.45) is 2.26. The van der Waals surface area contributed by atoms with Crippen LogP contribution in [0.2, 0.25) is 0 Å². The topological polar surface area (TPSA) is 51.1 Å². The first-order chi connectivity index (χ1) is 10.2. The van der Waals surface area contributed by atoms with Crippen molar-refractivity contribution in [2.45, 2.75) is 12.5 Å². The van der Waals surface area contributed by atoms with Gasteiger partial charge in [-0.15, -0.1) is 6.58 Å². The summed E-state index contributed by atoms with van der Waals surface area (Å²) in [6, 6.07) is 9.91. The van der Waals surface area contributed by atoms with Gasteiger partial charge >= 0.3 is 0 Å². The van der Waals surface area contributed by atoms with E-state index in [4.69, 9.17) is 9.57 Å². The number of rotatable bonds is 7. The molecule has 1 atom stereocenters. The number of carbonyl (C=O) groups excluding carboxylic acids is 1. The number of carbonyl (C=O) groups is 1. The van der Waals surface area contributed by atoms with Crippen LogP contribution >= 0.6 is 0 Å². The van der Waals surface area contributed by atoms with Gasteiger partial charge in [0.15, 0.2) is 6.10 Å². The van der Waals surface area contributed by atoms with Crippen molar-refractivity contribution in [1.29, 1.82) is 0 Å². The largest absolute Gasteiger partial charge is 0.390 e. The average Bonchev–Trinajstić information content (AvgIpc) is 2.96. The number of benzene rings is 1. The summed E-state index contributed by atoms with van der Waals surface area (Å²) < 4.78 is 4.89. The van der Waals surface area contributed by atoms with E-state index in [1.807, 2.05) is 30.3 Å². The fourth-order valence-electron chi connectivity index (χ4n) is 2.22. The van der Waals surface area contributed by atoms with Gasteiger partial charge in [-0.2, -0.15) is 0 Å². The number of nitrogens with zero attached hydrogens (tertiary/aromatic N) is 2. The van der Waals surface area contributed by atoms with E-state index in [0.29, 0.717) is 19.5 Å². The Kier molecular flexibility index (Phi) is 5.51. The van der Waals surface area contributed by atoms with Gasteiger partial charge in [0.1, 0.15) is 6.61 Å². The Balaban J connectivity index is 1.92. The van der Waals surface area contributed by atoms with E-state index in [0.717, 1.165) is 11.3 Å². The minimum absolute atomic E-state index is 0.0625. The van der Waals surface area contributed by atoms with Gasteiger partial charge in [0.25, 0.3) is 0 Å². The highest BCUT2D eigenvalue weighted by molar-refractivity contribution is 6.01. The second-order valence-electron chi connectivity index (χ2n) is 4.86. The first-order valence-electron chi connectivity index (χ1n) is 6.90. The average molecular weight is 288 g/mol. The number of amides is 1. The van der Waals surface area contributed by atoms with E-state index in [-0.39, 0.29) is 18.6 Å². The number of hydrogen-bond acceptors (Lipinski definition) is 4. The molecule has 2 rings (SSSR count). The van der Waals surface area contributed by atoms with Crippen molar-refractivity contribution >= 4 is 11.6 Å². The summed E-state index contributed by atoms with van der Waals surface area (Å²) in [5, 5.41) is 4.13. The first kappa shape index (κ1) is 15.3. The predicted molar refractivity (Wildman–Crippen MR) is 81.1 cm³/mol. The maximum absolute atomic E-state index is 11.9. The minimum atomic E-state index is -0.124. The summed E-state index contributed by atoms with van der Waals surface area (Å²) in [5.41, 5.74) is 1.97. The molecule has 0 saturated carbocycles. The third-order valence-corrected chi connectivity index (χ3v) is 3.23. The Morgan fingerprint density at radius 1 is 1.52 bits per heavy atom. The summed E-state index contributed by atoms with van der Waals surface area (Å²) >= 11 is 0. The molecule has 0 bridgehead atoms. The molecule has 1 aliphatic heterocycles. The number of methoxy groups -OCH3 is 1. The Morgan fingerprint density at radius 3 is 2.95 bits per heavy atom. The van der Waals surface area contributed by atoms with Crippen LogP contribution in [0.3, 0.4) is 0 Å². The normalized spacial score (nSPS) is 17.0. The van der Waals surface area contributed by atoms with Crippen LogP contribution in [0.25, 0.3) is 0 Å². The molecule has 1 heterocycles. The maximum Gasteiger partial charge on any atom is 0.248 e. The van der Waals surface area contributed by atoms with Crippen LogP contribution in [-0.4, -0.2) is 49.4 Å². The van der Waals surface area contributed by atoms with Crippen molar-refractivity contribution in [3.63, 3.8) is 0 Å². The molecule has 0 saturated heterocycles. The fraction of sp³-hybridized carbons (Fsp3) is 0.375. The molecule has 0 fully saturated rings. The monoisotopic (exact) mass is 288 g/mol. The number of oxime groups is 1. The lowest BCUT2D eigenvalue weighted by Crippen LogP contribution is -2.39. The zero-order valence-electron chi connectivity index (χ0n) is 12.2. The third kappa shape index (κ3) is 4.16. The smallest absolute Gasteiger partial charge is 0.248 e. The lowest BCUT2D eigenvalue weighted by Gasteiger charge is -2.23. The predicted octanol–water partition coefficient (Wildman–Crippen LogP) is 1.84. The van der Waals surface area contributed by atoms with Crippen LogP contribution in [0.4, 0.5) is 0 Å². The van der Waals surface area contributed by atoms with Crippen molar-refractivity contribution in [3.8, 4) is 0 Å². The summed E-state index contributed by atoms with van der Waals surface area (Å²) in [4.78, 5) is 19.0. The SMILES string of the molecule is C=CCN(C[C@H]1CC(c2ccccc2)=NO1)C(=O)COC. The van der Waals surface area contributed by atoms with Crippen molar-refractivity contribution in [2.24, 2.45) is 5.16 Å². The van der Waals surface area contributed by atoms with E-state index in [1.54, 1.807) is 11.0 Å². The quantitative estimate of drug-likeness (QED) is 0.719. The molecule has 1 aromatic rings. The van der Waals surface area contributed by atoms with E-state index < -0.39 is 0 Å². The molecule has 0 spiro atoms. The molecule has 0 radical (unpaired) electrons. The van der Waals surface area contributed by atoms with Crippen LogP contribution in [0.5, 0.6) is 0 Å². The van der Waals surface area contributed by atoms with Gasteiger partial charge in [-0.3, -0.25) is 4.79 Å². The lowest BCUT2D eigenvalue weighted by molar-refractivity contribution is -0.136. The summed E-state index contributed by atoms with van der Waals surface area (Å²) in [7, 11) is 1.51. The van der Waals surface area contributed by atoms with Crippen molar-refractivity contribution in [1.82, 2.24) is 4.90 Å². The Morgan fingerprint density at radius 2 is 2.29 bits per heavy atom. The van der Waals surface area contributed by atoms with Crippen molar-refractivity contribution in [3.05, 3.63) is 48.6 Å². The van der Waals surface area contributed by atoms with Gasteiger partial charge < -0.3 is 14.5 Å². The molecule has 5 nitrogen and oxygen atoms in total. The first-order valence-corrected chi connectivity index (χ1v) is 6.90. The van der Waals surface area contributed by atoms with Crippen molar-refractivity contribution < 1.29 is 14.4 Å². The molecule has 21 heavy (non-hydrogen) atoms. The fourth-order valence-corrected chi connectivity index (χ4v) is 2.22. The molecule has 0 unspecified atom stereocenters. The lowest BCUT2D eigenvalue weighted by atomic mass is 10.0. The van der Waals surface area contributed by atoms with Gasteiger partial charge in [0.2, 0.25) is 5.91 Å². The third-order valence-electron chi connectivity index (χ3n) is 3.23. The van der Waals surface area contributed by atoms with Gasteiger partial charge in [-0.05, 0) is 5.56 Å². The van der Waals surface area contributed by atoms with Crippen LogP contribution < -0.4 is 0 Å². The molecule has 0 aliphatic carbocycles. The zero-order chi connectivity index (χ0) is 15.1. The molecule has 1 amide bonds. The van der Waals surface area contributed by atoms with Crippen LogP contribution in [0, 0.1) is 0 Å². The molecule has 1 aromatic carbocycles. The molecule has 5 heteroatoms. The van der Waals surface area contributed by atoms with E-state index >= 15 is 0 Å². The number of hydrogen-bond donors (Lipinski definition) is 0. The van der Waals surface area contributed by atoms with Gasteiger partial charge in [0, 0.05) is 20.1 Å². The minimum Gasteiger partial charge on any atom is -0.390 e. The molecule has 112 valence electrons. The molecule has 0 N–H and O–H groups in total. The highest BCUT2D eigenvalue weighted by Gasteiger charge is 2.26. The second kappa shape index (κ2) is 7.59. The Bertz CT molecular complexity index is 514. The van der Waals surface area contributed by atoms with E-state index in [2.05, 4.69) is 11.7 Å². The molecule has 0 aromatic heterocycles. The van der Waals surface area contributed by atoms with Gasteiger partial charge in [0.05, 0.1) is 12.3 Å². The van der Waals surface area contributed by atoms with E-state index in [9.17, 15) is 4.79 Å². The standard InChI is InChI=1S/C16H20N2O3/c1-3-9-18(16(19)12-20-2)11-14-10-15(17-21-14)13-7-5-4-6-8-13/h3-8,14H,1,9-12H2,2H3/t14-/m1/s1. The van der Waals surface area contributed by atoms with Crippen LogP contribution in [0.1, 0.15) is 12.0 Å². The Hall–Kier alpha value is -2.14. The summed E-state index contributed by atoms with van der Waals surface area (Å²) in [5.74, 6) is -0.0749. The molecular formula is C16H20N2O3. The molecular weight excluding hydrogens is 268 g/mol. The molecule has 1 aliphatic rings. The maximum atomic E-state index is 11.9. The van der Waals surface area contributed by atoms with E-state index in [1.165, 1.54) is 7.11 Å². The second-order valence-corrected chi connectivity index (χ2v) is 4.86. The van der Waals surface area contributed by atoms with Crippen LogP contribution in [-0.2, 0) is 14.4 Å². The van der Waals surface area contributed by atoms with Crippen molar-refractivity contribution in [2.75, 3.05) is 26.8 Å². The number of ether oxygens (including phenoxy) is 1. The van der Waals surface area contributed by atoms with Gasteiger partial charge in [-0.25, -0.2) is 0 Å². The Labute approximate surface area is 124 Å².